The first-order valence-electron chi connectivity index (χ1n) is 6.28. The lowest BCUT2D eigenvalue weighted by molar-refractivity contribution is -0.130. The van der Waals surface area contributed by atoms with Crippen LogP contribution in [0, 0.1) is 0 Å². The fraction of sp³-hybridized carbons (Fsp3) is 0.500. The summed E-state index contributed by atoms with van der Waals surface area (Å²) in [7, 11) is 1.57. The topological polar surface area (TPSA) is 29.5 Å². The molecule has 3 rings (SSSR count). The predicted octanol–water partition coefficient (Wildman–Crippen LogP) is 2.80. The Kier molecular flexibility index (Phi) is 2.44. The lowest BCUT2D eigenvalue weighted by Gasteiger charge is -2.31. The van der Waals surface area contributed by atoms with Crippen LogP contribution in [0.15, 0.2) is 24.3 Å². The van der Waals surface area contributed by atoms with Crippen LogP contribution in [0.25, 0.3) is 0 Å². The van der Waals surface area contributed by atoms with Crippen molar-refractivity contribution in [3.8, 4) is 0 Å². The molecule has 1 spiro atoms. The summed E-state index contributed by atoms with van der Waals surface area (Å²) in [4.78, 5) is 17.8. The van der Waals surface area contributed by atoms with Gasteiger partial charge in [0.15, 0.2) is 0 Å². The summed E-state index contributed by atoms with van der Waals surface area (Å²) in [5, 5.41) is 1.47. The Labute approximate surface area is 101 Å². The molecule has 1 amide bonds. The van der Waals surface area contributed by atoms with Crippen molar-refractivity contribution in [2.24, 2.45) is 0 Å². The predicted molar refractivity (Wildman–Crippen MR) is 65.7 cm³/mol. The first-order chi connectivity index (χ1) is 8.29. The summed E-state index contributed by atoms with van der Waals surface area (Å²) in [6.07, 6.45) is 5.44. The minimum Gasteiger partial charge on any atom is -0.271 e. The maximum absolute atomic E-state index is 12.6. The first-order valence-corrected chi connectivity index (χ1v) is 6.28. The summed E-state index contributed by atoms with van der Waals surface area (Å²) in [6, 6.07) is 8.03. The SMILES string of the molecule is CON1C(=O)C2(CCCCC2)c2ccccc21. The van der Waals surface area contributed by atoms with Gasteiger partial charge in [0.05, 0.1) is 18.2 Å². The van der Waals surface area contributed by atoms with Crippen molar-refractivity contribution in [2.75, 3.05) is 12.2 Å². The number of carbonyl (C=O) groups excluding carboxylic acids is 1. The van der Waals surface area contributed by atoms with E-state index >= 15 is 0 Å². The van der Waals surface area contributed by atoms with E-state index in [1.807, 2.05) is 18.2 Å². The zero-order valence-corrected chi connectivity index (χ0v) is 10.1. The molecule has 0 radical (unpaired) electrons. The van der Waals surface area contributed by atoms with Gasteiger partial charge in [-0.3, -0.25) is 9.63 Å². The number of hydrogen-bond acceptors (Lipinski definition) is 2. The van der Waals surface area contributed by atoms with Gasteiger partial charge in [-0.15, -0.1) is 0 Å². The van der Waals surface area contributed by atoms with Gasteiger partial charge in [-0.2, -0.15) is 5.06 Å². The van der Waals surface area contributed by atoms with Gasteiger partial charge in [0, 0.05) is 0 Å². The number of nitrogens with zero attached hydrogens (tertiary/aromatic N) is 1. The van der Waals surface area contributed by atoms with Crippen LogP contribution in [0.4, 0.5) is 5.69 Å². The van der Waals surface area contributed by atoms with Gasteiger partial charge in [0.2, 0.25) is 0 Å². The van der Waals surface area contributed by atoms with Crippen LogP contribution < -0.4 is 5.06 Å². The number of hydrogen-bond donors (Lipinski definition) is 0. The second-order valence-corrected chi connectivity index (χ2v) is 4.94. The molecule has 2 aliphatic rings. The molecule has 1 aliphatic heterocycles. The largest absolute Gasteiger partial charge is 0.271 e. The van der Waals surface area contributed by atoms with Crippen molar-refractivity contribution < 1.29 is 9.63 Å². The standard InChI is InChI=1S/C14H17NO2/c1-17-15-12-8-4-3-7-11(12)14(13(15)16)9-5-2-6-10-14/h3-4,7-8H,2,5-6,9-10H2,1H3. The quantitative estimate of drug-likeness (QED) is 0.743. The minimum absolute atomic E-state index is 0.126. The van der Waals surface area contributed by atoms with Crippen LogP contribution >= 0.6 is 0 Å². The summed E-state index contributed by atoms with van der Waals surface area (Å²) in [5.74, 6) is 0.126. The third-order valence-electron chi connectivity index (χ3n) is 4.12. The third kappa shape index (κ3) is 1.35. The molecule has 1 aliphatic carbocycles. The van der Waals surface area contributed by atoms with E-state index in [9.17, 15) is 4.79 Å². The highest BCUT2D eigenvalue weighted by Gasteiger charge is 2.51. The zero-order valence-electron chi connectivity index (χ0n) is 10.1. The molecule has 0 atom stereocenters. The number of hydroxylamine groups is 1. The zero-order chi connectivity index (χ0) is 11.9. The van der Waals surface area contributed by atoms with Gasteiger partial charge in [0.1, 0.15) is 0 Å². The fourth-order valence-corrected chi connectivity index (χ4v) is 3.29. The van der Waals surface area contributed by atoms with E-state index in [0.717, 1.165) is 36.9 Å². The molecule has 3 nitrogen and oxygen atoms in total. The highest BCUT2D eigenvalue weighted by molar-refractivity contribution is 6.06. The molecule has 1 aromatic rings. The van der Waals surface area contributed by atoms with Gasteiger partial charge < -0.3 is 0 Å². The van der Waals surface area contributed by atoms with E-state index < -0.39 is 0 Å². The number of anilines is 1. The molecule has 17 heavy (non-hydrogen) atoms. The van der Waals surface area contributed by atoms with Crippen LogP contribution in [-0.4, -0.2) is 13.0 Å². The number of amides is 1. The van der Waals surface area contributed by atoms with Crippen LogP contribution in [0.1, 0.15) is 37.7 Å². The van der Waals surface area contributed by atoms with Crippen LogP contribution in [0.3, 0.4) is 0 Å². The Morgan fingerprint density at radius 3 is 2.59 bits per heavy atom. The third-order valence-corrected chi connectivity index (χ3v) is 4.12. The fourth-order valence-electron chi connectivity index (χ4n) is 3.29. The van der Waals surface area contributed by atoms with E-state index in [4.69, 9.17) is 4.84 Å². The second-order valence-electron chi connectivity index (χ2n) is 4.94. The van der Waals surface area contributed by atoms with Crippen LogP contribution in [0.2, 0.25) is 0 Å². The van der Waals surface area contributed by atoms with E-state index in [-0.39, 0.29) is 11.3 Å². The lowest BCUT2D eigenvalue weighted by atomic mass is 9.70. The van der Waals surface area contributed by atoms with Crippen molar-refractivity contribution in [1.29, 1.82) is 0 Å². The molecule has 1 fully saturated rings. The summed E-state index contributed by atoms with van der Waals surface area (Å²) in [6.45, 7) is 0. The number of para-hydroxylation sites is 1. The second kappa shape index (κ2) is 3.84. The minimum atomic E-state index is -0.301. The smallest absolute Gasteiger partial charge is 0.261 e. The average Bonchev–Trinajstić information content (AvgIpc) is 2.61. The number of carbonyl (C=O) groups is 1. The maximum Gasteiger partial charge on any atom is 0.261 e. The Morgan fingerprint density at radius 2 is 1.88 bits per heavy atom. The molecule has 0 bridgehead atoms. The Balaban J connectivity index is 2.14. The molecule has 0 aromatic heterocycles. The average molecular weight is 231 g/mol. The summed E-state index contributed by atoms with van der Waals surface area (Å²) < 4.78 is 0. The van der Waals surface area contributed by atoms with E-state index in [2.05, 4.69) is 6.07 Å². The van der Waals surface area contributed by atoms with Crippen LogP contribution in [-0.2, 0) is 15.0 Å². The van der Waals surface area contributed by atoms with Crippen molar-refractivity contribution in [3.63, 3.8) is 0 Å². The van der Waals surface area contributed by atoms with Crippen molar-refractivity contribution in [3.05, 3.63) is 29.8 Å². The molecule has 90 valence electrons. The summed E-state index contributed by atoms with van der Waals surface area (Å²) in [5.41, 5.74) is 1.79. The summed E-state index contributed by atoms with van der Waals surface area (Å²) >= 11 is 0. The highest BCUT2D eigenvalue weighted by atomic mass is 16.7. The number of fused-ring (bicyclic) bond motifs is 2. The molecular weight excluding hydrogens is 214 g/mol. The molecule has 3 heteroatoms. The van der Waals surface area contributed by atoms with E-state index in [1.165, 1.54) is 11.5 Å². The Hall–Kier alpha value is -1.35. The Morgan fingerprint density at radius 1 is 1.18 bits per heavy atom. The van der Waals surface area contributed by atoms with Crippen molar-refractivity contribution >= 4 is 11.6 Å². The van der Waals surface area contributed by atoms with Gasteiger partial charge in [0.25, 0.3) is 5.91 Å². The number of benzene rings is 1. The van der Waals surface area contributed by atoms with Crippen molar-refractivity contribution in [1.82, 2.24) is 0 Å². The number of rotatable bonds is 1. The molecule has 0 unspecified atom stereocenters. The van der Waals surface area contributed by atoms with Crippen LogP contribution in [0.5, 0.6) is 0 Å². The first kappa shape index (κ1) is 10.8. The maximum atomic E-state index is 12.6. The van der Waals surface area contributed by atoms with Gasteiger partial charge in [-0.05, 0) is 24.5 Å². The molecule has 1 heterocycles. The Bertz CT molecular complexity index is 449. The normalized spacial score (nSPS) is 21.9. The monoisotopic (exact) mass is 231 g/mol. The molecule has 1 saturated carbocycles. The van der Waals surface area contributed by atoms with Gasteiger partial charge >= 0.3 is 0 Å². The highest BCUT2D eigenvalue weighted by Crippen LogP contribution is 2.49. The molecule has 1 aromatic carbocycles. The van der Waals surface area contributed by atoms with Crippen molar-refractivity contribution in [2.45, 2.75) is 37.5 Å². The van der Waals surface area contributed by atoms with Gasteiger partial charge in [-0.1, -0.05) is 37.5 Å². The molecular formula is C14H17NO2. The lowest BCUT2D eigenvalue weighted by Crippen LogP contribution is -2.41. The molecule has 0 N–H and O–H groups in total. The van der Waals surface area contributed by atoms with Gasteiger partial charge in [-0.25, -0.2) is 0 Å². The molecule has 0 saturated heterocycles. The van der Waals surface area contributed by atoms with E-state index in [1.54, 1.807) is 7.11 Å². The van der Waals surface area contributed by atoms with E-state index in [0.29, 0.717) is 0 Å².